The highest BCUT2D eigenvalue weighted by atomic mass is 35.5. The van der Waals surface area contributed by atoms with Crippen LogP contribution in [0.25, 0.3) is 0 Å². The van der Waals surface area contributed by atoms with Gasteiger partial charge in [0.2, 0.25) is 0 Å². The summed E-state index contributed by atoms with van der Waals surface area (Å²) in [6.07, 6.45) is 0. The van der Waals surface area contributed by atoms with Crippen molar-refractivity contribution in [2.24, 2.45) is 0 Å². The number of carbonyl (C=O) groups is 1. The normalized spacial score (nSPS) is 10.2. The van der Waals surface area contributed by atoms with E-state index in [4.69, 9.17) is 27.9 Å². The second-order valence-corrected chi connectivity index (χ2v) is 4.76. The Morgan fingerprint density at radius 3 is 2.50 bits per heavy atom. The van der Waals surface area contributed by atoms with Crippen molar-refractivity contribution in [1.29, 1.82) is 0 Å². The van der Waals surface area contributed by atoms with E-state index in [1.165, 1.54) is 30.3 Å². The summed E-state index contributed by atoms with van der Waals surface area (Å²) in [6, 6.07) is 10.1. The number of halogens is 3. The van der Waals surface area contributed by atoms with Gasteiger partial charge in [-0.2, -0.15) is 0 Å². The predicted molar refractivity (Wildman–Crippen MR) is 77.0 cm³/mol. The first-order chi connectivity index (χ1) is 9.54. The van der Waals surface area contributed by atoms with Crippen molar-refractivity contribution < 1.29 is 13.9 Å². The minimum Gasteiger partial charge on any atom is -0.482 e. The average molecular weight is 314 g/mol. The molecule has 0 bridgehead atoms. The highest BCUT2D eigenvalue weighted by Crippen LogP contribution is 2.27. The molecule has 0 spiro atoms. The molecule has 0 heterocycles. The van der Waals surface area contributed by atoms with E-state index in [0.717, 1.165) is 0 Å². The number of carbonyl (C=O) groups excluding carboxylic acids is 1. The van der Waals surface area contributed by atoms with Gasteiger partial charge < -0.3 is 10.1 Å². The molecule has 0 saturated heterocycles. The minimum absolute atomic E-state index is 0.210. The summed E-state index contributed by atoms with van der Waals surface area (Å²) in [6.45, 7) is -0.210. The van der Waals surface area contributed by atoms with Crippen molar-refractivity contribution in [1.82, 2.24) is 0 Å². The van der Waals surface area contributed by atoms with Gasteiger partial charge in [-0.15, -0.1) is 0 Å². The van der Waals surface area contributed by atoms with Crippen LogP contribution >= 0.6 is 23.2 Å². The van der Waals surface area contributed by atoms with Crippen LogP contribution in [0, 0.1) is 5.82 Å². The van der Waals surface area contributed by atoms with Crippen LogP contribution in [0.3, 0.4) is 0 Å². The van der Waals surface area contributed by atoms with Gasteiger partial charge in [-0.3, -0.25) is 4.79 Å². The molecule has 0 unspecified atom stereocenters. The van der Waals surface area contributed by atoms with Crippen molar-refractivity contribution in [3.05, 3.63) is 58.3 Å². The van der Waals surface area contributed by atoms with Crippen LogP contribution < -0.4 is 10.1 Å². The third-order valence-corrected chi connectivity index (χ3v) is 2.91. The third kappa shape index (κ3) is 4.11. The van der Waals surface area contributed by atoms with Crippen molar-refractivity contribution in [2.45, 2.75) is 0 Å². The van der Waals surface area contributed by atoms with E-state index >= 15 is 0 Å². The lowest BCUT2D eigenvalue weighted by Crippen LogP contribution is -2.20. The van der Waals surface area contributed by atoms with E-state index < -0.39 is 0 Å². The van der Waals surface area contributed by atoms with Gasteiger partial charge >= 0.3 is 0 Å². The van der Waals surface area contributed by atoms with Gasteiger partial charge in [0.25, 0.3) is 5.91 Å². The highest BCUT2D eigenvalue weighted by molar-refractivity contribution is 6.35. The Labute approximate surface area is 125 Å². The van der Waals surface area contributed by atoms with Gasteiger partial charge in [0.15, 0.2) is 6.61 Å². The fourth-order valence-electron chi connectivity index (χ4n) is 1.47. The lowest BCUT2D eigenvalue weighted by molar-refractivity contribution is -0.118. The van der Waals surface area contributed by atoms with E-state index in [9.17, 15) is 9.18 Å². The Morgan fingerprint density at radius 2 is 1.85 bits per heavy atom. The largest absolute Gasteiger partial charge is 0.482 e. The monoisotopic (exact) mass is 313 g/mol. The number of amides is 1. The van der Waals surface area contributed by atoms with Crippen LogP contribution in [-0.4, -0.2) is 12.5 Å². The lowest BCUT2D eigenvalue weighted by Gasteiger charge is -2.09. The summed E-state index contributed by atoms with van der Waals surface area (Å²) in [4.78, 5) is 11.6. The van der Waals surface area contributed by atoms with Gasteiger partial charge in [-0.1, -0.05) is 23.2 Å². The number of rotatable bonds is 4. The molecule has 0 aliphatic heterocycles. The fraction of sp³-hybridized carbons (Fsp3) is 0.0714. The van der Waals surface area contributed by atoms with E-state index in [0.29, 0.717) is 21.5 Å². The summed E-state index contributed by atoms with van der Waals surface area (Å²) >= 11 is 11.7. The number of nitrogens with one attached hydrogen (secondary N) is 1. The maximum atomic E-state index is 12.7. The van der Waals surface area contributed by atoms with Gasteiger partial charge in [0, 0.05) is 10.7 Å². The van der Waals surface area contributed by atoms with Crippen molar-refractivity contribution in [2.75, 3.05) is 11.9 Å². The molecule has 0 aliphatic rings. The molecule has 3 nitrogen and oxygen atoms in total. The Balaban J connectivity index is 1.90. The molecule has 2 aromatic rings. The summed E-state index contributed by atoms with van der Waals surface area (Å²) in [7, 11) is 0. The first-order valence-corrected chi connectivity index (χ1v) is 6.43. The maximum absolute atomic E-state index is 12.7. The summed E-state index contributed by atoms with van der Waals surface area (Å²) in [5.41, 5.74) is 0.488. The summed E-state index contributed by atoms with van der Waals surface area (Å²) in [5.74, 6) is -0.375. The second-order valence-electron chi connectivity index (χ2n) is 3.92. The van der Waals surface area contributed by atoms with Crippen LogP contribution in [0.5, 0.6) is 5.75 Å². The topological polar surface area (TPSA) is 38.3 Å². The third-order valence-electron chi connectivity index (χ3n) is 2.38. The number of benzene rings is 2. The number of hydrogen-bond acceptors (Lipinski definition) is 2. The number of ether oxygens (including phenoxy) is 1. The smallest absolute Gasteiger partial charge is 0.262 e. The van der Waals surface area contributed by atoms with Gasteiger partial charge in [0.05, 0.1) is 5.02 Å². The van der Waals surface area contributed by atoms with Crippen LogP contribution in [-0.2, 0) is 4.79 Å². The standard InChI is InChI=1S/C14H10Cl2FNO2/c15-9-1-6-13(12(16)7-9)20-8-14(19)18-11-4-2-10(17)3-5-11/h1-7H,8H2,(H,18,19). The second kappa shape index (κ2) is 6.59. The first kappa shape index (κ1) is 14.6. The fourth-order valence-corrected chi connectivity index (χ4v) is 1.93. The highest BCUT2D eigenvalue weighted by Gasteiger charge is 2.07. The van der Waals surface area contributed by atoms with Crippen LogP contribution in [0.1, 0.15) is 0 Å². The maximum Gasteiger partial charge on any atom is 0.262 e. The van der Waals surface area contributed by atoms with Crippen molar-refractivity contribution in [3.63, 3.8) is 0 Å². The van der Waals surface area contributed by atoms with Crippen molar-refractivity contribution >= 4 is 34.8 Å². The Bertz CT molecular complexity index is 617. The lowest BCUT2D eigenvalue weighted by atomic mass is 10.3. The van der Waals surface area contributed by atoms with E-state index in [-0.39, 0.29) is 18.3 Å². The van der Waals surface area contributed by atoms with Gasteiger partial charge in [0.1, 0.15) is 11.6 Å². The molecule has 0 saturated carbocycles. The molecular formula is C14H10Cl2FNO2. The Hall–Kier alpha value is -1.78. The molecule has 1 amide bonds. The molecule has 0 radical (unpaired) electrons. The quantitative estimate of drug-likeness (QED) is 0.920. The van der Waals surface area contributed by atoms with Gasteiger partial charge in [-0.25, -0.2) is 4.39 Å². The van der Waals surface area contributed by atoms with Crippen molar-refractivity contribution in [3.8, 4) is 5.75 Å². The van der Waals surface area contributed by atoms with Crippen LogP contribution in [0.2, 0.25) is 10.0 Å². The molecule has 6 heteroatoms. The molecule has 2 aromatic carbocycles. The Morgan fingerprint density at radius 1 is 1.15 bits per heavy atom. The summed E-state index contributed by atoms with van der Waals surface area (Å²) in [5, 5.41) is 3.38. The molecule has 2 rings (SSSR count). The molecular weight excluding hydrogens is 304 g/mol. The van der Waals surface area contributed by atoms with Crippen LogP contribution in [0.4, 0.5) is 10.1 Å². The predicted octanol–water partition coefficient (Wildman–Crippen LogP) is 4.15. The zero-order valence-electron chi connectivity index (χ0n) is 10.2. The van der Waals surface area contributed by atoms with E-state index in [1.807, 2.05) is 0 Å². The number of anilines is 1. The molecule has 20 heavy (non-hydrogen) atoms. The Kier molecular flexibility index (Phi) is 4.82. The number of hydrogen-bond donors (Lipinski definition) is 1. The zero-order valence-corrected chi connectivity index (χ0v) is 11.7. The minimum atomic E-state index is -0.373. The molecule has 0 atom stereocenters. The summed E-state index contributed by atoms with van der Waals surface area (Å²) < 4.78 is 18.0. The SMILES string of the molecule is O=C(COc1ccc(Cl)cc1Cl)Nc1ccc(F)cc1. The van der Waals surface area contributed by atoms with E-state index in [1.54, 1.807) is 12.1 Å². The average Bonchev–Trinajstić information content (AvgIpc) is 2.40. The molecule has 1 N–H and O–H groups in total. The van der Waals surface area contributed by atoms with Crippen LogP contribution in [0.15, 0.2) is 42.5 Å². The molecule has 0 aromatic heterocycles. The molecule has 0 aliphatic carbocycles. The molecule has 0 fully saturated rings. The first-order valence-electron chi connectivity index (χ1n) is 5.68. The van der Waals surface area contributed by atoms with E-state index in [2.05, 4.69) is 5.32 Å². The van der Waals surface area contributed by atoms with Gasteiger partial charge in [-0.05, 0) is 42.5 Å². The molecule has 104 valence electrons. The zero-order chi connectivity index (χ0) is 14.5.